The van der Waals surface area contributed by atoms with Crippen LogP contribution >= 0.6 is 11.3 Å². The molecular formula is C20H17N3O4S. The zero-order valence-electron chi connectivity index (χ0n) is 15.3. The van der Waals surface area contributed by atoms with Crippen molar-refractivity contribution in [3.05, 3.63) is 53.4 Å². The molecule has 0 fully saturated rings. The third-order valence-electron chi connectivity index (χ3n) is 4.42. The Morgan fingerprint density at radius 2 is 2.11 bits per heavy atom. The molecule has 0 unspecified atom stereocenters. The van der Waals surface area contributed by atoms with Crippen LogP contribution in [0.15, 0.2) is 47.8 Å². The van der Waals surface area contributed by atoms with Gasteiger partial charge in [-0.05, 0) is 30.3 Å². The summed E-state index contributed by atoms with van der Waals surface area (Å²) in [4.78, 5) is 30.4. The van der Waals surface area contributed by atoms with Gasteiger partial charge in [-0.1, -0.05) is 12.1 Å². The molecule has 4 rings (SSSR count). The fourth-order valence-electron chi connectivity index (χ4n) is 2.89. The van der Waals surface area contributed by atoms with E-state index in [2.05, 4.69) is 10.3 Å². The first-order valence-electron chi connectivity index (χ1n) is 8.50. The Bertz CT molecular complexity index is 1060. The van der Waals surface area contributed by atoms with Gasteiger partial charge in [0.05, 0.1) is 24.1 Å². The van der Waals surface area contributed by atoms with Gasteiger partial charge >= 0.3 is 0 Å². The van der Waals surface area contributed by atoms with Gasteiger partial charge < -0.3 is 14.4 Å². The predicted molar refractivity (Wildman–Crippen MR) is 107 cm³/mol. The Morgan fingerprint density at radius 1 is 1.29 bits per heavy atom. The highest BCUT2D eigenvalue weighted by atomic mass is 32.1. The highest BCUT2D eigenvalue weighted by Crippen LogP contribution is 2.36. The molecule has 0 saturated carbocycles. The number of likely N-dealkylation sites (N-methyl/N-ethyl adjacent to an activating group) is 1. The van der Waals surface area contributed by atoms with E-state index in [4.69, 9.17) is 9.47 Å². The molecule has 8 heteroatoms. The fraction of sp³-hybridized carbons (Fsp3) is 0.150. The van der Waals surface area contributed by atoms with Gasteiger partial charge in [0.15, 0.2) is 11.7 Å². The molecule has 2 heterocycles. The largest absolute Gasteiger partial charge is 0.496 e. The summed E-state index contributed by atoms with van der Waals surface area (Å²) in [7, 11) is 3.24. The average Bonchev–Trinajstić information content (AvgIpc) is 3.19. The summed E-state index contributed by atoms with van der Waals surface area (Å²) < 4.78 is 10.7. The number of ether oxygens (including phenoxy) is 2. The molecule has 0 saturated heterocycles. The first kappa shape index (κ1) is 18.0. The van der Waals surface area contributed by atoms with E-state index in [-0.39, 0.29) is 18.4 Å². The standard InChI is InChI=1S/C20H17N3O4S/c1-23-15-9-12(7-8-17(15)27-10-18(23)24)14-11-28-20(21-14)22-19(25)13-5-3-4-6-16(13)26-2/h3-9,11H,10H2,1-2H3,(H,21,22,25). The minimum absolute atomic E-state index is 0.0404. The quantitative estimate of drug-likeness (QED) is 0.732. The number of benzene rings is 2. The summed E-state index contributed by atoms with van der Waals surface area (Å²) in [5.74, 6) is 0.764. The number of nitrogens with zero attached hydrogens (tertiary/aromatic N) is 2. The molecule has 1 aromatic heterocycles. The molecule has 7 nitrogen and oxygen atoms in total. The molecule has 0 spiro atoms. The molecule has 0 radical (unpaired) electrons. The molecule has 1 aliphatic heterocycles. The third-order valence-corrected chi connectivity index (χ3v) is 5.18. The maximum Gasteiger partial charge on any atom is 0.264 e. The van der Waals surface area contributed by atoms with Crippen LogP contribution in [0.25, 0.3) is 11.3 Å². The molecule has 1 N–H and O–H groups in total. The van der Waals surface area contributed by atoms with Crippen molar-refractivity contribution in [1.82, 2.24) is 4.98 Å². The summed E-state index contributed by atoms with van der Waals surface area (Å²) >= 11 is 1.32. The highest BCUT2D eigenvalue weighted by molar-refractivity contribution is 7.14. The molecule has 0 aliphatic carbocycles. The number of fused-ring (bicyclic) bond motifs is 1. The first-order chi connectivity index (χ1) is 13.6. The maximum absolute atomic E-state index is 12.5. The number of amides is 2. The number of methoxy groups -OCH3 is 1. The maximum atomic E-state index is 12.5. The minimum Gasteiger partial charge on any atom is -0.496 e. The topological polar surface area (TPSA) is 80.8 Å². The van der Waals surface area contributed by atoms with E-state index in [0.717, 1.165) is 5.56 Å². The van der Waals surface area contributed by atoms with Crippen LogP contribution in [0, 0.1) is 0 Å². The van der Waals surface area contributed by atoms with Crippen LogP contribution in [0.1, 0.15) is 10.4 Å². The summed E-state index contributed by atoms with van der Waals surface area (Å²) in [5, 5.41) is 5.13. The lowest BCUT2D eigenvalue weighted by Gasteiger charge is -2.26. The molecule has 0 atom stereocenters. The zero-order valence-corrected chi connectivity index (χ0v) is 16.1. The normalized spacial score (nSPS) is 12.9. The summed E-state index contributed by atoms with van der Waals surface area (Å²) in [5.41, 5.74) is 2.67. The van der Waals surface area contributed by atoms with E-state index in [9.17, 15) is 9.59 Å². The second-order valence-corrected chi connectivity index (χ2v) is 6.97. The lowest BCUT2D eigenvalue weighted by atomic mass is 10.1. The molecule has 0 bridgehead atoms. The van der Waals surface area contributed by atoms with Gasteiger partial charge in [-0.2, -0.15) is 0 Å². The molecular weight excluding hydrogens is 378 g/mol. The minimum atomic E-state index is -0.289. The van der Waals surface area contributed by atoms with Crippen molar-refractivity contribution in [1.29, 1.82) is 0 Å². The van der Waals surface area contributed by atoms with Gasteiger partial charge in [0.1, 0.15) is 11.5 Å². The summed E-state index contributed by atoms with van der Waals surface area (Å²) in [6.45, 7) is 0.0404. The molecule has 2 aromatic carbocycles. The van der Waals surface area contributed by atoms with Crippen molar-refractivity contribution in [3.63, 3.8) is 0 Å². The number of para-hydroxylation sites is 1. The van der Waals surface area contributed by atoms with E-state index >= 15 is 0 Å². The van der Waals surface area contributed by atoms with Crippen molar-refractivity contribution in [2.45, 2.75) is 0 Å². The highest BCUT2D eigenvalue weighted by Gasteiger charge is 2.23. The fourth-order valence-corrected chi connectivity index (χ4v) is 3.61. The SMILES string of the molecule is COc1ccccc1C(=O)Nc1nc(-c2ccc3c(c2)N(C)C(=O)CO3)cs1. The number of aromatic nitrogens is 1. The molecule has 28 heavy (non-hydrogen) atoms. The number of hydrogen-bond donors (Lipinski definition) is 1. The zero-order chi connectivity index (χ0) is 19.7. The monoisotopic (exact) mass is 395 g/mol. The number of carbonyl (C=O) groups excluding carboxylic acids is 2. The number of rotatable bonds is 4. The Kier molecular flexibility index (Phi) is 4.70. The van der Waals surface area contributed by atoms with Crippen LogP contribution in [-0.4, -0.2) is 37.6 Å². The van der Waals surface area contributed by atoms with E-state index in [0.29, 0.717) is 33.6 Å². The van der Waals surface area contributed by atoms with Gasteiger partial charge in [-0.15, -0.1) is 11.3 Å². The Morgan fingerprint density at radius 3 is 2.93 bits per heavy atom. The number of carbonyl (C=O) groups is 2. The average molecular weight is 395 g/mol. The molecule has 1 aliphatic rings. The van der Waals surface area contributed by atoms with Crippen molar-refractivity contribution in [2.75, 3.05) is 31.0 Å². The van der Waals surface area contributed by atoms with Crippen molar-refractivity contribution < 1.29 is 19.1 Å². The van der Waals surface area contributed by atoms with Gasteiger partial charge in [-0.3, -0.25) is 14.9 Å². The second-order valence-electron chi connectivity index (χ2n) is 6.12. The Hall–Kier alpha value is -3.39. The van der Waals surface area contributed by atoms with Gasteiger partial charge in [0.2, 0.25) is 0 Å². The number of hydrogen-bond acceptors (Lipinski definition) is 6. The lowest BCUT2D eigenvalue weighted by Crippen LogP contribution is -2.35. The molecule has 2 amide bonds. The van der Waals surface area contributed by atoms with Crippen LogP contribution in [0.4, 0.5) is 10.8 Å². The summed E-state index contributed by atoms with van der Waals surface area (Å²) in [6.07, 6.45) is 0. The van der Waals surface area contributed by atoms with Crippen LogP contribution in [0.5, 0.6) is 11.5 Å². The first-order valence-corrected chi connectivity index (χ1v) is 9.38. The van der Waals surface area contributed by atoms with E-state index < -0.39 is 0 Å². The molecule has 3 aromatic rings. The van der Waals surface area contributed by atoms with Gasteiger partial charge in [0, 0.05) is 18.0 Å². The number of thiazole rings is 1. The van der Waals surface area contributed by atoms with Crippen LogP contribution in [-0.2, 0) is 4.79 Å². The van der Waals surface area contributed by atoms with Crippen molar-refractivity contribution in [3.8, 4) is 22.8 Å². The summed E-state index contributed by atoms with van der Waals surface area (Å²) in [6, 6.07) is 12.6. The Labute approximate surface area is 165 Å². The van der Waals surface area contributed by atoms with Crippen LogP contribution in [0.2, 0.25) is 0 Å². The number of anilines is 2. The van der Waals surface area contributed by atoms with E-state index in [1.54, 1.807) is 36.2 Å². The van der Waals surface area contributed by atoms with Crippen molar-refractivity contribution in [2.24, 2.45) is 0 Å². The van der Waals surface area contributed by atoms with E-state index in [1.165, 1.54) is 18.4 Å². The smallest absolute Gasteiger partial charge is 0.264 e. The second kappa shape index (κ2) is 7.32. The van der Waals surface area contributed by atoms with Crippen LogP contribution in [0.3, 0.4) is 0 Å². The van der Waals surface area contributed by atoms with Gasteiger partial charge in [0.25, 0.3) is 11.8 Å². The lowest BCUT2D eigenvalue weighted by molar-refractivity contribution is -0.120. The van der Waals surface area contributed by atoms with Crippen LogP contribution < -0.4 is 19.7 Å². The molecule has 142 valence electrons. The third kappa shape index (κ3) is 3.29. The van der Waals surface area contributed by atoms with Gasteiger partial charge in [-0.25, -0.2) is 4.98 Å². The van der Waals surface area contributed by atoms with E-state index in [1.807, 2.05) is 23.6 Å². The predicted octanol–water partition coefficient (Wildman–Crippen LogP) is 3.43. The van der Waals surface area contributed by atoms with Crippen molar-refractivity contribution >= 4 is 34.0 Å². The number of nitrogens with one attached hydrogen (secondary N) is 1. The Balaban J connectivity index is 1.57.